The summed E-state index contributed by atoms with van der Waals surface area (Å²) in [7, 11) is 0. The maximum atomic E-state index is 11.6. The summed E-state index contributed by atoms with van der Waals surface area (Å²) in [5, 5.41) is 6.31. The molecule has 0 spiro atoms. The zero-order chi connectivity index (χ0) is 14.4. The van der Waals surface area contributed by atoms with E-state index in [9.17, 15) is 4.79 Å². The Morgan fingerprint density at radius 2 is 2.30 bits per heavy atom. The first-order valence-electron chi connectivity index (χ1n) is 7.45. The summed E-state index contributed by atoms with van der Waals surface area (Å²) in [5.74, 6) is 0.0886. The fourth-order valence-corrected chi connectivity index (χ4v) is 2.52. The molecule has 0 bridgehead atoms. The summed E-state index contributed by atoms with van der Waals surface area (Å²) in [5.41, 5.74) is 2.09. The van der Waals surface area contributed by atoms with Crippen molar-refractivity contribution in [1.29, 1.82) is 0 Å². The minimum Gasteiger partial charge on any atom is -0.361 e. The number of pyridine rings is 1. The first-order chi connectivity index (χ1) is 9.74. The molecule has 2 N–H and O–H groups in total. The molecule has 1 saturated heterocycles. The third kappa shape index (κ3) is 3.70. The molecular formula is C15H24N4O. The van der Waals surface area contributed by atoms with E-state index in [4.69, 9.17) is 0 Å². The lowest BCUT2D eigenvalue weighted by Crippen LogP contribution is -2.33. The van der Waals surface area contributed by atoms with Crippen molar-refractivity contribution in [3.8, 4) is 0 Å². The van der Waals surface area contributed by atoms with Crippen LogP contribution in [0, 0.1) is 0 Å². The maximum absolute atomic E-state index is 11.6. The summed E-state index contributed by atoms with van der Waals surface area (Å²) in [6.07, 6.45) is 3.88. The standard InChI is InChI=1S/C15H24N4O/c1-3-13(16-4-2)14-7-6-12(10-18-14)19-9-5-8-17-15(20)11-19/h6-7,10,13,16H,3-5,8-9,11H2,1-2H3,(H,17,20). The molecular weight excluding hydrogens is 252 g/mol. The van der Waals surface area contributed by atoms with Crippen molar-refractivity contribution in [2.45, 2.75) is 32.7 Å². The van der Waals surface area contributed by atoms with Crippen LogP contribution in [0.2, 0.25) is 0 Å². The number of hydrogen-bond donors (Lipinski definition) is 2. The number of amides is 1. The molecule has 20 heavy (non-hydrogen) atoms. The third-order valence-corrected chi connectivity index (χ3v) is 3.61. The van der Waals surface area contributed by atoms with Gasteiger partial charge in [-0.15, -0.1) is 0 Å². The molecule has 1 unspecified atom stereocenters. The van der Waals surface area contributed by atoms with Crippen LogP contribution in [-0.2, 0) is 4.79 Å². The Kier molecular flexibility index (Phi) is 5.35. The van der Waals surface area contributed by atoms with Gasteiger partial charge in [0.1, 0.15) is 0 Å². The highest BCUT2D eigenvalue weighted by atomic mass is 16.2. The third-order valence-electron chi connectivity index (χ3n) is 3.61. The summed E-state index contributed by atoms with van der Waals surface area (Å²) < 4.78 is 0. The van der Waals surface area contributed by atoms with Crippen molar-refractivity contribution in [3.63, 3.8) is 0 Å². The number of nitrogens with one attached hydrogen (secondary N) is 2. The van der Waals surface area contributed by atoms with Gasteiger partial charge in [0.05, 0.1) is 24.1 Å². The number of hydrogen-bond acceptors (Lipinski definition) is 4. The topological polar surface area (TPSA) is 57.3 Å². The molecule has 0 aliphatic carbocycles. The predicted octanol–water partition coefficient (Wildman–Crippen LogP) is 1.47. The van der Waals surface area contributed by atoms with Crippen molar-refractivity contribution in [3.05, 3.63) is 24.0 Å². The molecule has 1 atom stereocenters. The summed E-state index contributed by atoms with van der Waals surface area (Å²) in [6.45, 7) is 7.28. The Morgan fingerprint density at radius 3 is 2.95 bits per heavy atom. The van der Waals surface area contributed by atoms with Gasteiger partial charge in [-0.05, 0) is 31.5 Å². The zero-order valence-electron chi connectivity index (χ0n) is 12.4. The lowest BCUT2D eigenvalue weighted by molar-refractivity contribution is -0.119. The Bertz CT molecular complexity index is 432. The van der Waals surface area contributed by atoms with Crippen LogP contribution >= 0.6 is 0 Å². The van der Waals surface area contributed by atoms with Crippen molar-refractivity contribution in [2.24, 2.45) is 0 Å². The molecule has 110 valence electrons. The Labute approximate surface area is 120 Å². The van der Waals surface area contributed by atoms with Gasteiger partial charge in [0.2, 0.25) is 5.91 Å². The molecule has 1 aliphatic heterocycles. The second kappa shape index (κ2) is 7.24. The highest BCUT2D eigenvalue weighted by Crippen LogP contribution is 2.19. The van der Waals surface area contributed by atoms with E-state index in [2.05, 4.69) is 46.5 Å². The Morgan fingerprint density at radius 1 is 1.45 bits per heavy atom. The fourth-order valence-electron chi connectivity index (χ4n) is 2.52. The van der Waals surface area contributed by atoms with Gasteiger partial charge in [-0.2, -0.15) is 0 Å². The molecule has 0 radical (unpaired) electrons. The number of carbonyl (C=O) groups excluding carboxylic acids is 1. The van der Waals surface area contributed by atoms with Crippen molar-refractivity contribution >= 4 is 11.6 Å². The number of nitrogens with zero attached hydrogens (tertiary/aromatic N) is 2. The van der Waals surface area contributed by atoms with Gasteiger partial charge >= 0.3 is 0 Å². The number of carbonyl (C=O) groups is 1. The maximum Gasteiger partial charge on any atom is 0.239 e. The molecule has 2 rings (SSSR count). The molecule has 0 saturated carbocycles. The van der Waals surface area contributed by atoms with E-state index in [-0.39, 0.29) is 5.91 Å². The zero-order valence-corrected chi connectivity index (χ0v) is 12.4. The fraction of sp³-hybridized carbons (Fsp3) is 0.600. The highest BCUT2D eigenvalue weighted by Gasteiger charge is 2.16. The molecule has 5 nitrogen and oxygen atoms in total. The first kappa shape index (κ1) is 14.8. The molecule has 5 heteroatoms. The van der Waals surface area contributed by atoms with E-state index in [1.807, 2.05) is 6.20 Å². The van der Waals surface area contributed by atoms with Crippen LogP contribution in [0.5, 0.6) is 0 Å². The van der Waals surface area contributed by atoms with Gasteiger partial charge in [-0.1, -0.05) is 13.8 Å². The van der Waals surface area contributed by atoms with Gasteiger partial charge in [-0.25, -0.2) is 0 Å². The quantitative estimate of drug-likeness (QED) is 0.855. The SMILES string of the molecule is CCNC(CC)c1ccc(N2CCCNC(=O)C2)cn1. The van der Waals surface area contributed by atoms with E-state index in [0.717, 1.165) is 43.9 Å². The van der Waals surface area contributed by atoms with Crippen LogP contribution in [0.25, 0.3) is 0 Å². The van der Waals surface area contributed by atoms with Crippen LogP contribution in [0.3, 0.4) is 0 Å². The predicted molar refractivity (Wildman–Crippen MR) is 80.8 cm³/mol. The van der Waals surface area contributed by atoms with Crippen LogP contribution in [-0.4, -0.2) is 37.1 Å². The minimum atomic E-state index is 0.0886. The molecule has 0 aromatic carbocycles. The lowest BCUT2D eigenvalue weighted by Gasteiger charge is -2.22. The molecule has 2 heterocycles. The lowest BCUT2D eigenvalue weighted by atomic mass is 10.1. The minimum absolute atomic E-state index is 0.0886. The van der Waals surface area contributed by atoms with Crippen LogP contribution in [0.1, 0.15) is 38.4 Å². The highest BCUT2D eigenvalue weighted by molar-refractivity contribution is 5.81. The number of anilines is 1. The van der Waals surface area contributed by atoms with Crippen molar-refractivity contribution < 1.29 is 4.79 Å². The van der Waals surface area contributed by atoms with E-state index in [1.54, 1.807) is 0 Å². The molecule has 1 fully saturated rings. The number of aromatic nitrogens is 1. The second-order valence-electron chi connectivity index (χ2n) is 5.08. The molecule has 1 aromatic rings. The van der Waals surface area contributed by atoms with Crippen LogP contribution in [0.15, 0.2) is 18.3 Å². The first-order valence-corrected chi connectivity index (χ1v) is 7.45. The van der Waals surface area contributed by atoms with Gasteiger partial charge in [0.25, 0.3) is 0 Å². The van der Waals surface area contributed by atoms with E-state index < -0.39 is 0 Å². The Balaban J connectivity index is 2.08. The van der Waals surface area contributed by atoms with Crippen molar-refractivity contribution in [2.75, 3.05) is 31.1 Å². The smallest absolute Gasteiger partial charge is 0.239 e. The normalized spacial score (nSPS) is 17.5. The number of rotatable bonds is 5. The van der Waals surface area contributed by atoms with E-state index in [0.29, 0.717) is 12.6 Å². The van der Waals surface area contributed by atoms with Crippen molar-refractivity contribution in [1.82, 2.24) is 15.6 Å². The average Bonchev–Trinajstić information content (AvgIpc) is 2.69. The average molecular weight is 276 g/mol. The monoisotopic (exact) mass is 276 g/mol. The largest absolute Gasteiger partial charge is 0.361 e. The van der Waals surface area contributed by atoms with Crippen LogP contribution < -0.4 is 15.5 Å². The molecule has 1 amide bonds. The van der Waals surface area contributed by atoms with Gasteiger partial charge in [0, 0.05) is 19.1 Å². The van der Waals surface area contributed by atoms with Gasteiger partial charge in [0.15, 0.2) is 0 Å². The van der Waals surface area contributed by atoms with E-state index >= 15 is 0 Å². The molecule has 1 aliphatic rings. The Hall–Kier alpha value is -1.62. The molecule has 1 aromatic heterocycles. The van der Waals surface area contributed by atoms with E-state index in [1.165, 1.54) is 0 Å². The summed E-state index contributed by atoms with van der Waals surface area (Å²) >= 11 is 0. The van der Waals surface area contributed by atoms with Gasteiger partial charge < -0.3 is 15.5 Å². The van der Waals surface area contributed by atoms with Crippen LogP contribution in [0.4, 0.5) is 5.69 Å². The second-order valence-corrected chi connectivity index (χ2v) is 5.08. The summed E-state index contributed by atoms with van der Waals surface area (Å²) in [6, 6.07) is 4.44. The van der Waals surface area contributed by atoms with Gasteiger partial charge in [-0.3, -0.25) is 9.78 Å². The summed E-state index contributed by atoms with van der Waals surface area (Å²) in [4.78, 5) is 18.2.